The molecule has 7 heterocycles. The molecule has 11 rings (SSSR count). The van der Waals surface area contributed by atoms with Crippen LogP contribution in [0.4, 0.5) is 27.8 Å². The minimum Gasteiger partial charge on any atom is -0.495 e. The van der Waals surface area contributed by atoms with Gasteiger partial charge in [0, 0.05) is 79.3 Å². The highest BCUT2D eigenvalue weighted by Crippen LogP contribution is 2.33. The predicted molar refractivity (Wildman–Crippen MR) is 323 cm³/mol. The zero-order valence-electron chi connectivity index (χ0n) is 45.0. The van der Waals surface area contributed by atoms with Gasteiger partial charge in [0.1, 0.15) is 33.7 Å². The van der Waals surface area contributed by atoms with E-state index in [0.29, 0.717) is 33.8 Å². The molecule has 10 aromatic rings. The molecule has 1 unspecified atom stereocenters. The molecule has 1 fully saturated rings. The number of hydrogen-bond donors (Lipinski definition) is 7. The molecular formula is C56H60Br2ClN13O7S. The third kappa shape index (κ3) is 18.8. The molecule has 1 aliphatic rings. The van der Waals surface area contributed by atoms with Gasteiger partial charge < -0.3 is 46.0 Å². The van der Waals surface area contributed by atoms with Crippen molar-refractivity contribution in [1.29, 1.82) is 0 Å². The van der Waals surface area contributed by atoms with Crippen molar-refractivity contribution in [3.63, 3.8) is 0 Å². The molecule has 24 heteroatoms. The van der Waals surface area contributed by atoms with Crippen LogP contribution in [0.25, 0.3) is 43.0 Å². The Morgan fingerprint density at radius 2 is 1.57 bits per heavy atom. The number of fused-ring (bicyclic) bond motifs is 3. The van der Waals surface area contributed by atoms with E-state index in [0.717, 1.165) is 89.0 Å². The van der Waals surface area contributed by atoms with Gasteiger partial charge in [-0.25, -0.2) is 29.5 Å². The molecule has 0 amide bonds. The number of carbonyl (C=O) groups excluding carboxylic acids is 2. The smallest absolute Gasteiger partial charge is 0.435 e. The molecule has 0 spiro atoms. The number of aromatic carboxylic acids is 1. The standard InChI is InChI=1S/C16H16ClN5O2.C15H15N5O.C10H8BrNO.C9H5BrO2S.C4H9NO.C2H7N/c1-16(2,3)24-15(23)22-12-5-4-11(8-10(12)9-19-22)20-13-6-7-18-14(17)21-13;1-10-16-6-5-15(19-10)20-13-4-3-11(7-14(13)21-2)12-8-17-18-9-12;1-6(13)9-4-7-2-3-8(11)5-10(7)12-9;10-6-2-1-5-3-8(9(11)12)13-7(5)4-6;5-4-1-2-6-3-4;1-3-2/h4-9H,1-3H3,(H,18,20,21);3-9H,1-2H3,(H,17,18)(H,16,19,20);2-5,12H,1H3;1-4H,(H,11,12);4H,1-3,5H2;3H,1-2H3. The lowest BCUT2D eigenvalue weighted by Crippen LogP contribution is -2.27. The maximum absolute atomic E-state index is 12.2. The van der Waals surface area contributed by atoms with E-state index in [2.05, 4.69) is 88.0 Å². The SMILES string of the molecule is CC(=O)c1cc2ccc(Br)cc2[nH]1.CC(C)(C)OC(=O)n1ncc2cc(Nc3ccnc(Cl)n3)ccc21.CNC.COc1cc(-c2cn[nH]c2)ccc1Nc1ccnc(C)n1.NC1CCOC1.O=C(O)c1cc2ccc(Br)cc2s1. The molecule has 80 heavy (non-hydrogen) atoms. The van der Waals surface area contributed by atoms with Gasteiger partial charge in [-0.15, -0.1) is 11.3 Å². The molecule has 0 aliphatic carbocycles. The fourth-order valence-electron chi connectivity index (χ4n) is 7.11. The monoisotopic (exact) mass is 1250 g/mol. The van der Waals surface area contributed by atoms with E-state index < -0.39 is 17.7 Å². The summed E-state index contributed by atoms with van der Waals surface area (Å²) in [6.07, 6.45) is 9.04. The topological polar surface area (TPSA) is 275 Å². The van der Waals surface area contributed by atoms with E-state index in [9.17, 15) is 14.4 Å². The van der Waals surface area contributed by atoms with Gasteiger partial charge in [0.25, 0.3) is 0 Å². The van der Waals surface area contributed by atoms with Gasteiger partial charge >= 0.3 is 12.1 Å². The Kier molecular flexibility index (Phi) is 22.7. The molecule has 1 aliphatic heterocycles. The van der Waals surface area contributed by atoms with Crippen LogP contribution in [0, 0.1) is 6.92 Å². The fourth-order valence-corrected chi connectivity index (χ4v) is 9.07. The van der Waals surface area contributed by atoms with Crippen LogP contribution in [0.15, 0.2) is 137 Å². The van der Waals surface area contributed by atoms with E-state index in [-0.39, 0.29) is 11.1 Å². The summed E-state index contributed by atoms with van der Waals surface area (Å²) in [4.78, 5) is 53.6. The largest absolute Gasteiger partial charge is 0.495 e. The maximum atomic E-state index is 12.2. The van der Waals surface area contributed by atoms with Gasteiger partial charge in [-0.1, -0.05) is 50.1 Å². The van der Waals surface area contributed by atoms with Gasteiger partial charge in [-0.2, -0.15) is 14.9 Å². The van der Waals surface area contributed by atoms with Crippen LogP contribution in [-0.2, 0) is 9.47 Å². The van der Waals surface area contributed by atoms with Crippen molar-refractivity contribution >= 4 is 128 Å². The van der Waals surface area contributed by atoms with Gasteiger partial charge in [0.15, 0.2) is 5.78 Å². The maximum Gasteiger partial charge on any atom is 0.435 e. The molecule has 6 aromatic heterocycles. The summed E-state index contributed by atoms with van der Waals surface area (Å²) in [6, 6.07) is 30.4. The molecule has 0 bridgehead atoms. The molecule has 1 atom stereocenters. The summed E-state index contributed by atoms with van der Waals surface area (Å²) in [7, 11) is 5.39. The first kappa shape index (κ1) is 61.6. The lowest BCUT2D eigenvalue weighted by Gasteiger charge is -2.19. The highest BCUT2D eigenvalue weighted by molar-refractivity contribution is 9.10. The van der Waals surface area contributed by atoms with Gasteiger partial charge in [-0.3, -0.25) is 9.89 Å². The van der Waals surface area contributed by atoms with Crippen molar-refractivity contribution in [2.75, 3.05) is 45.1 Å². The highest BCUT2D eigenvalue weighted by atomic mass is 79.9. The normalized spacial score (nSPS) is 12.4. The number of benzene rings is 4. The van der Waals surface area contributed by atoms with Crippen molar-refractivity contribution < 1.29 is 33.7 Å². The van der Waals surface area contributed by atoms with E-state index in [1.807, 2.05) is 127 Å². The van der Waals surface area contributed by atoms with Crippen molar-refractivity contribution in [2.24, 2.45) is 5.73 Å². The first-order chi connectivity index (χ1) is 38.2. The van der Waals surface area contributed by atoms with Crippen LogP contribution < -0.4 is 26.4 Å². The van der Waals surface area contributed by atoms with E-state index in [1.165, 1.54) is 16.0 Å². The number of carbonyl (C=O) groups is 3. The zero-order valence-corrected chi connectivity index (χ0v) is 49.7. The van der Waals surface area contributed by atoms with Gasteiger partial charge in [0.2, 0.25) is 5.28 Å². The first-order valence-electron chi connectivity index (χ1n) is 24.6. The van der Waals surface area contributed by atoms with Crippen LogP contribution in [0.3, 0.4) is 0 Å². The van der Waals surface area contributed by atoms with Crippen molar-refractivity contribution in [1.82, 2.24) is 50.2 Å². The van der Waals surface area contributed by atoms with Gasteiger partial charge in [0.05, 0.1) is 43.0 Å². The predicted octanol–water partition coefficient (Wildman–Crippen LogP) is 13.0. The number of H-pyrrole nitrogens is 2. The second-order valence-corrected chi connectivity index (χ2v) is 21.6. The number of aromatic nitrogens is 9. The van der Waals surface area contributed by atoms with Crippen molar-refractivity contribution in [2.45, 2.75) is 52.7 Å². The Bertz CT molecular complexity index is 3570. The third-order valence-electron chi connectivity index (χ3n) is 10.7. The Morgan fingerprint density at radius 3 is 2.19 bits per heavy atom. The summed E-state index contributed by atoms with van der Waals surface area (Å²) >= 11 is 13.8. The number of carboxylic acid groups (broad SMARTS) is 1. The lowest BCUT2D eigenvalue weighted by atomic mass is 10.1. The first-order valence-corrected chi connectivity index (χ1v) is 27.3. The zero-order chi connectivity index (χ0) is 57.9. The number of nitrogens with one attached hydrogen (secondary N) is 5. The lowest BCUT2D eigenvalue weighted by molar-refractivity contribution is 0.0522. The fraction of sp³-hybridized carbons (Fsp3) is 0.232. The van der Waals surface area contributed by atoms with Crippen LogP contribution >= 0.6 is 54.8 Å². The number of methoxy groups -OCH3 is 1. The minimum absolute atomic E-state index is 0.0623. The number of nitrogens with two attached hydrogens (primary N) is 1. The summed E-state index contributed by atoms with van der Waals surface area (Å²) in [5.41, 5.74) is 10.8. The Balaban J connectivity index is 0.000000167. The number of carboxylic acids is 1. The van der Waals surface area contributed by atoms with Crippen LogP contribution in [0.1, 0.15) is 60.1 Å². The number of halogens is 3. The number of nitrogens with zero attached hydrogens (tertiary/aromatic N) is 7. The van der Waals surface area contributed by atoms with Crippen molar-refractivity contribution in [3.05, 3.63) is 159 Å². The van der Waals surface area contributed by atoms with Crippen molar-refractivity contribution in [3.8, 4) is 16.9 Å². The Labute approximate surface area is 487 Å². The molecular weight excluding hydrogens is 1190 g/mol. The summed E-state index contributed by atoms with van der Waals surface area (Å²) in [6.45, 7) is 10.5. The molecule has 0 radical (unpaired) electrons. The number of hydrogen-bond acceptors (Lipinski definition) is 17. The van der Waals surface area contributed by atoms with Crippen LogP contribution in [0.5, 0.6) is 5.75 Å². The molecule has 418 valence electrons. The number of thiophene rings is 1. The number of ether oxygens (including phenoxy) is 3. The number of rotatable bonds is 8. The molecule has 0 saturated carbocycles. The Hall–Kier alpha value is -7.64. The minimum atomic E-state index is -0.864. The number of aromatic amines is 2. The second-order valence-electron chi connectivity index (χ2n) is 18.4. The second kappa shape index (κ2) is 29.5. The molecule has 4 aromatic carbocycles. The number of anilines is 4. The number of ketones is 1. The molecule has 1 saturated heterocycles. The van der Waals surface area contributed by atoms with Gasteiger partial charge in [-0.05, 0) is 150 Å². The molecule has 8 N–H and O–H groups in total. The summed E-state index contributed by atoms with van der Waals surface area (Å²) < 4.78 is 19.9. The summed E-state index contributed by atoms with van der Waals surface area (Å²) in [5.74, 6) is 1.97. The Morgan fingerprint density at radius 1 is 0.863 bits per heavy atom. The van der Waals surface area contributed by atoms with E-state index in [4.69, 9.17) is 36.7 Å². The average Bonchev–Trinajstić information content (AvgIpc) is 4.29. The van der Waals surface area contributed by atoms with E-state index >= 15 is 0 Å². The quantitative estimate of drug-likeness (QED) is 0.0550. The highest BCUT2D eigenvalue weighted by Gasteiger charge is 2.20. The third-order valence-corrected chi connectivity index (χ3v) is 13.0. The van der Waals surface area contributed by atoms with E-state index in [1.54, 1.807) is 57.0 Å². The summed E-state index contributed by atoms with van der Waals surface area (Å²) in [5, 5.41) is 31.7. The number of Topliss-reactive ketones (excluding diaryl/α,β-unsaturated/α-hetero) is 1. The average molecular weight is 1250 g/mol. The van der Waals surface area contributed by atoms with Crippen LogP contribution in [0.2, 0.25) is 5.28 Å². The van der Waals surface area contributed by atoms with Crippen LogP contribution in [-0.4, -0.2) is 114 Å². The molecule has 20 nitrogen and oxygen atoms in total. The number of aryl methyl sites for hydroxylation is 1.